The number of aryl methyl sites for hydroxylation is 1. The van der Waals surface area contributed by atoms with E-state index >= 15 is 0 Å². The maximum Gasteiger partial charge on any atom is 0.232 e. The lowest BCUT2D eigenvalue weighted by Crippen LogP contribution is -2.38. The van der Waals surface area contributed by atoms with E-state index in [2.05, 4.69) is 24.9 Å². The van der Waals surface area contributed by atoms with Crippen molar-refractivity contribution in [2.24, 2.45) is 5.92 Å². The Kier molecular flexibility index (Phi) is 5.29. The highest BCUT2D eigenvalue weighted by Gasteiger charge is 2.20. The van der Waals surface area contributed by atoms with Crippen LogP contribution in [0.5, 0.6) is 5.75 Å². The van der Waals surface area contributed by atoms with Crippen molar-refractivity contribution in [2.75, 3.05) is 26.0 Å². The average Bonchev–Trinajstić information content (AvgIpc) is 2.59. The molecule has 0 atom stereocenters. The fourth-order valence-electron chi connectivity index (χ4n) is 3.04. The van der Waals surface area contributed by atoms with Crippen LogP contribution in [0.2, 0.25) is 0 Å². The van der Waals surface area contributed by atoms with Crippen molar-refractivity contribution in [1.82, 2.24) is 9.88 Å². The molecule has 0 unspecified atom stereocenters. The molecule has 24 heavy (non-hydrogen) atoms. The van der Waals surface area contributed by atoms with E-state index in [9.17, 15) is 4.79 Å². The van der Waals surface area contributed by atoms with Gasteiger partial charge in [-0.1, -0.05) is 18.7 Å². The molecule has 1 saturated heterocycles. The van der Waals surface area contributed by atoms with Crippen molar-refractivity contribution < 1.29 is 9.53 Å². The summed E-state index contributed by atoms with van der Waals surface area (Å²) in [7, 11) is 1.66. The molecule has 128 valence electrons. The normalized spacial score (nSPS) is 15.7. The number of hydrogen-bond donors (Lipinski definition) is 0. The fourth-order valence-corrected chi connectivity index (χ4v) is 3.91. The van der Waals surface area contributed by atoms with Crippen molar-refractivity contribution in [1.29, 1.82) is 0 Å². The molecule has 1 aliphatic rings. The topological polar surface area (TPSA) is 42.4 Å². The fraction of sp³-hybridized carbons (Fsp3) is 0.474. The number of benzene rings is 1. The minimum atomic E-state index is 0.220. The van der Waals surface area contributed by atoms with Crippen LogP contribution < -0.4 is 4.74 Å². The lowest BCUT2D eigenvalue weighted by atomic mass is 9.99. The molecular weight excluding hydrogens is 320 g/mol. The largest absolute Gasteiger partial charge is 0.497 e. The summed E-state index contributed by atoms with van der Waals surface area (Å²) in [6.45, 7) is 6.12. The van der Waals surface area contributed by atoms with E-state index in [0.29, 0.717) is 5.75 Å². The Morgan fingerprint density at radius 3 is 2.79 bits per heavy atom. The van der Waals surface area contributed by atoms with Gasteiger partial charge in [0.15, 0.2) is 0 Å². The Labute approximate surface area is 147 Å². The van der Waals surface area contributed by atoms with Crippen LogP contribution in [0, 0.1) is 12.8 Å². The highest BCUT2D eigenvalue weighted by molar-refractivity contribution is 7.99. The summed E-state index contributed by atoms with van der Waals surface area (Å²) in [4.78, 5) is 19.1. The minimum Gasteiger partial charge on any atom is -0.497 e. The molecule has 3 rings (SSSR count). The van der Waals surface area contributed by atoms with Crippen molar-refractivity contribution in [3.05, 3.63) is 29.8 Å². The van der Waals surface area contributed by atoms with Gasteiger partial charge in [-0.05, 0) is 49.4 Å². The molecule has 2 aromatic rings. The molecule has 0 N–H and O–H groups in total. The third kappa shape index (κ3) is 3.83. The summed E-state index contributed by atoms with van der Waals surface area (Å²) in [5.74, 6) is 2.21. The van der Waals surface area contributed by atoms with Gasteiger partial charge < -0.3 is 9.64 Å². The van der Waals surface area contributed by atoms with E-state index < -0.39 is 0 Å². The number of carbonyl (C=O) groups is 1. The number of methoxy groups -OCH3 is 1. The van der Waals surface area contributed by atoms with Crippen molar-refractivity contribution in [3.63, 3.8) is 0 Å². The molecule has 1 aromatic carbocycles. The third-order valence-corrected chi connectivity index (χ3v) is 5.58. The molecule has 0 spiro atoms. The number of amides is 1. The van der Waals surface area contributed by atoms with E-state index in [-0.39, 0.29) is 5.91 Å². The van der Waals surface area contributed by atoms with Gasteiger partial charge in [-0.2, -0.15) is 0 Å². The average molecular weight is 344 g/mol. The highest BCUT2D eigenvalue weighted by Crippen LogP contribution is 2.27. The predicted octanol–water partition coefficient (Wildman–Crippen LogP) is 3.90. The predicted molar refractivity (Wildman–Crippen MR) is 98.7 cm³/mol. The zero-order chi connectivity index (χ0) is 17.1. The first-order valence-electron chi connectivity index (χ1n) is 8.43. The van der Waals surface area contributed by atoms with Gasteiger partial charge in [0.2, 0.25) is 5.91 Å². The summed E-state index contributed by atoms with van der Waals surface area (Å²) in [6, 6.07) is 7.99. The lowest BCUT2D eigenvalue weighted by molar-refractivity contribution is -0.129. The van der Waals surface area contributed by atoms with Crippen molar-refractivity contribution >= 4 is 28.6 Å². The van der Waals surface area contributed by atoms with Crippen molar-refractivity contribution in [2.45, 2.75) is 31.7 Å². The smallest absolute Gasteiger partial charge is 0.232 e. The van der Waals surface area contributed by atoms with Crippen LogP contribution in [-0.2, 0) is 4.79 Å². The third-order valence-electron chi connectivity index (χ3n) is 4.68. The van der Waals surface area contributed by atoms with Gasteiger partial charge in [0.05, 0.1) is 23.4 Å². The van der Waals surface area contributed by atoms with E-state index in [1.165, 1.54) is 17.3 Å². The van der Waals surface area contributed by atoms with Crippen LogP contribution in [-0.4, -0.2) is 41.7 Å². The number of hydrogen-bond acceptors (Lipinski definition) is 4. The first kappa shape index (κ1) is 17.1. The summed E-state index contributed by atoms with van der Waals surface area (Å²) < 4.78 is 5.28. The molecule has 1 amide bonds. The van der Waals surface area contributed by atoms with Gasteiger partial charge in [-0.15, -0.1) is 0 Å². The Bertz CT molecular complexity index is 739. The van der Waals surface area contributed by atoms with Crippen LogP contribution in [0.1, 0.15) is 25.3 Å². The van der Waals surface area contributed by atoms with Gasteiger partial charge in [-0.25, -0.2) is 4.98 Å². The Morgan fingerprint density at radius 2 is 2.08 bits per heavy atom. The Morgan fingerprint density at radius 1 is 1.33 bits per heavy atom. The second-order valence-corrected chi connectivity index (χ2v) is 7.51. The Balaban J connectivity index is 1.69. The van der Waals surface area contributed by atoms with E-state index in [4.69, 9.17) is 4.74 Å². The summed E-state index contributed by atoms with van der Waals surface area (Å²) in [6.07, 6.45) is 2.23. The monoisotopic (exact) mass is 344 g/mol. The molecule has 1 aliphatic heterocycles. The number of thioether (sulfide) groups is 1. The number of likely N-dealkylation sites (tertiary alicyclic amines) is 1. The van der Waals surface area contributed by atoms with Crippen LogP contribution in [0.3, 0.4) is 0 Å². The van der Waals surface area contributed by atoms with Gasteiger partial charge in [0, 0.05) is 24.5 Å². The molecule has 4 nitrogen and oxygen atoms in total. The van der Waals surface area contributed by atoms with E-state index in [1.807, 2.05) is 23.1 Å². The van der Waals surface area contributed by atoms with Crippen LogP contribution in [0.15, 0.2) is 29.3 Å². The van der Waals surface area contributed by atoms with Crippen molar-refractivity contribution in [3.8, 4) is 5.75 Å². The van der Waals surface area contributed by atoms with Crippen LogP contribution >= 0.6 is 11.8 Å². The van der Waals surface area contributed by atoms with Gasteiger partial charge in [0.25, 0.3) is 0 Å². The standard InChI is InChI=1S/C19H24N2O2S/c1-13-6-8-21(9-7-13)19(22)12-24-18-10-14(2)16-5-4-15(23-3)11-17(16)20-18/h4-5,10-11,13H,6-9,12H2,1-3H3. The summed E-state index contributed by atoms with van der Waals surface area (Å²) >= 11 is 1.52. The number of nitrogens with zero attached hydrogens (tertiary/aromatic N) is 2. The quantitative estimate of drug-likeness (QED) is 0.789. The number of ether oxygens (including phenoxy) is 1. The van der Waals surface area contributed by atoms with Gasteiger partial charge in [0.1, 0.15) is 5.75 Å². The number of fused-ring (bicyclic) bond motifs is 1. The number of rotatable bonds is 4. The molecular formula is C19H24N2O2S. The van der Waals surface area contributed by atoms with E-state index in [0.717, 1.165) is 53.5 Å². The first-order valence-corrected chi connectivity index (χ1v) is 9.41. The molecule has 0 radical (unpaired) electrons. The highest BCUT2D eigenvalue weighted by atomic mass is 32.2. The molecule has 0 saturated carbocycles. The minimum absolute atomic E-state index is 0.220. The van der Waals surface area contributed by atoms with Crippen LogP contribution in [0.4, 0.5) is 0 Å². The SMILES string of the molecule is COc1ccc2c(C)cc(SCC(=O)N3CCC(C)CC3)nc2c1. The van der Waals surface area contributed by atoms with E-state index in [1.54, 1.807) is 7.11 Å². The summed E-state index contributed by atoms with van der Waals surface area (Å²) in [5, 5.41) is 2.02. The second-order valence-electron chi connectivity index (χ2n) is 6.51. The number of pyridine rings is 1. The molecule has 0 bridgehead atoms. The zero-order valence-corrected chi connectivity index (χ0v) is 15.4. The zero-order valence-electron chi connectivity index (χ0n) is 14.5. The van der Waals surface area contributed by atoms with Gasteiger partial charge in [-0.3, -0.25) is 4.79 Å². The van der Waals surface area contributed by atoms with Gasteiger partial charge >= 0.3 is 0 Å². The molecule has 1 fully saturated rings. The number of carbonyl (C=O) groups excluding carboxylic acids is 1. The first-order chi connectivity index (χ1) is 11.6. The second kappa shape index (κ2) is 7.43. The van der Waals surface area contributed by atoms with Crippen LogP contribution in [0.25, 0.3) is 10.9 Å². The molecule has 0 aliphatic carbocycles. The maximum atomic E-state index is 12.4. The summed E-state index contributed by atoms with van der Waals surface area (Å²) in [5.41, 5.74) is 2.08. The number of aromatic nitrogens is 1. The maximum absolute atomic E-state index is 12.4. The molecule has 5 heteroatoms. The number of piperidine rings is 1. The molecule has 1 aromatic heterocycles. The molecule has 2 heterocycles. The Hall–Kier alpha value is -1.75. The lowest BCUT2D eigenvalue weighted by Gasteiger charge is -2.30.